The molecular formula is C14H18O7. The first kappa shape index (κ1) is 16.8. The van der Waals surface area contributed by atoms with Crippen LogP contribution in [0.25, 0.3) is 0 Å². The van der Waals surface area contributed by atoms with Gasteiger partial charge in [0.05, 0.1) is 0 Å². The summed E-state index contributed by atoms with van der Waals surface area (Å²) in [7, 11) is 0. The number of hydrogen-bond acceptors (Lipinski definition) is 7. The Labute approximate surface area is 122 Å². The Morgan fingerprint density at radius 2 is 1.67 bits per heavy atom. The molecule has 0 amide bonds. The van der Waals surface area contributed by atoms with Gasteiger partial charge in [-0.25, -0.2) is 0 Å². The molecule has 2 atom stereocenters. The second kappa shape index (κ2) is 8.11. The molecule has 0 aromatic heterocycles. The summed E-state index contributed by atoms with van der Waals surface area (Å²) < 4.78 is 14.9. The SMILES string of the molecule is CC(=O)OC[C@H](O)[C@@H](COC(C)=O)Oc1ccccc1O. The van der Waals surface area contributed by atoms with Crippen LogP contribution in [0.5, 0.6) is 11.5 Å². The van der Waals surface area contributed by atoms with Gasteiger partial charge in [0.1, 0.15) is 19.3 Å². The highest BCUT2D eigenvalue weighted by atomic mass is 16.6. The smallest absolute Gasteiger partial charge is 0.302 e. The van der Waals surface area contributed by atoms with E-state index in [1.807, 2.05) is 0 Å². The Morgan fingerprint density at radius 3 is 2.24 bits per heavy atom. The quantitative estimate of drug-likeness (QED) is 0.712. The fourth-order valence-electron chi connectivity index (χ4n) is 1.45. The van der Waals surface area contributed by atoms with E-state index >= 15 is 0 Å². The van der Waals surface area contributed by atoms with Crippen molar-refractivity contribution in [3.05, 3.63) is 24.3 Å². The summed E-state index contributed by atoms with van der Waals surface area (Å²) >= 11 is 0. The monoisotopic (exact) mass is 298 g/mol. The number of para-hydroxylation sites is 2. The van der Waals surface area contributed by atoms with E-state index in [1.165, 1.54) is 26.0 Å². The Bertz CT molecular complexity index is 486. The maximum absolute atomic E-state index is 10.9. The number of aromatic hydroxyl groups is 1. The lowest BCUT2D eigenvalue weighted by atomic mass is 10.2. The Kier molecular flexibility index (Phi) is 6.48. The minimum absolute atomic E-state index is 0.120. The summed E-state index contributed by atoms with van der Waals surface area (Å²) in [6.07, 6.45) is -2.20. The van der Waals surface area contributed by atoms with Crippen molar-refractivity contribution < 1.29 is 34.0 Å². The third kappa shape index (κ3) is 6.13. The molecule has 7 nitrogen and oxygen atoms in total. The number of phenols is 1. The van der Waals surface area contributed by atoms with E-state index in [-0.39, 0.29) is 24.7 Å². The van der Waals surface area contributed by atoms with Gasteiger partial charge in [-0.2, -0.15) is 0 Å². The van der Waals surface area contributed by atoms with Crippen LogP contribution in [-0.4, -0.2) is 47.6 Å². The van der Waals surface area contributed by atoms with Crippen LogP contribution in [0.4, 0.5) is 0 Å². The number of carbonyl (C=O) groups is 2. The van der Waals surface area contributed by atoms with E-state index in [2.05, 4.69) is 4.74 Å². The van der Waals surface area contributed by atoms with Crippen LogP contribution in [0.3, 0.4) is 0 Å². The minimum atomic E-state index is -1.21. The van der Waals surface area contributed by atoms with Crippen LogP contribution in [0.15, 0.2) is 24.3 Å². The van der Waals surface area contributed by atoms with Crippen molar-refractivity contribution in [2.75, 3.05) is 13.2 Å². The molecule has 0 fully saturated rings. The maximum atomic E-state index is 10.9. The number of aliphatic hydroxyl groups excluding tert-OH is 1. The zero-order chi connectivity index (χ0) is 15.8. The molecule has 116 valence electrons. The van der Waals surface area contributed by atoms with Gasteiger partial charge in [-0.05, 0) is 12.1 Å². The lowest BCUT2D eigenvalue weighted by molar-refractivity contribution is -0.152. The standard InChI is InChI=1S/C14H18O7/c1-9(15)19-7-12(18)14(8-20-10(2)16)21-13-6-4-3-5-11(13)17/h3-6,12,14,17-18H,7-8H2,1-2H3/t12-,14+/m0/s1. The van der Waals surface area contributed by atoms with Crippen LogP contribution >= 0.6 is 0 Å². The van der Waals surface area contributed by atoms with Crippen molar-refractivity contribution in [3.63, 3.8) is 0 Å². The Hall–Kier alpha value is -2.28. The lowest BCUT2D eigenvalue weighted by Gasteiger charge is -2.23. The average molecular weight is 298 g/mol. The molecule has 1 aromatic carbocycles. The molecule has 0 heterocycles. The van der Waals surface area contributed by atoms with Gasteiger partial charge in [-0.3, -0.25) is 9.59 Å². The van der Waals surface area contributed by atoms with Gasteiger partial charge in [-0.15, -0.1) is 0 Å². The van der Waals surface area contributed by atoms with E-state index in [4.69, 9.17) is 9.47 Å². The van der Waals surface area contributed by atoms with E-state index in [0.29, 0.717) is 0 Å². The lowest BCUT2D eigenvalue weighted by Crippen LogP contribution is -2.40. The maximum Gasteiger partial charge on any atom is 0.302 e. The number of phenolic OH excluding ortho intramolecular Hbond substituents is 1. The van der Waals surface area contributed by atoms with E-state index in [9.17, 15) is 19.8 Å². The molecule has 1 aromatic rings. The first-order valence-corrected chi connectivity index (χ1v) is 6.29. The fourth-order valence-corrected chi connectivity index (χ4v) is 1.45. The predicted octanol–water partition coefficient (Wildman–Crippen LogP) is 0.627. The number of rotatable bonds is 7. The molecule has 21 heavy (non-hydrogen) atoms. The molecule has 7 heteroatoms. The van der Waals surface area contributed by atoms with Crippen molar-refractivity contribution in [1.82, 2.24) is 0 Å². The minimum Gasteiger partial charge on any atom is -0.504 e. The first-order valence-electron chi connectivity index (χ1n) is 6.29. The third-order valence-corrected chi connectivity index (χ3v) is 2.48. The van der Waals surface area contributed by atoms with Crippen LogP contribution in [-0.2, 0) is 19.1 Å². The van der Waals surface area contributed by atoms with Crippen LogP contribution in [0.2, 0.25) is 0 Å². The van der Waals surface area contributed by atoms with Crippen molar-refractivity contribution >= 4 is 11.9 Å². The summed E-state index contributed by atoms with van der Waals surface area (Å²) in [5.41, 5.74) is 0. The van der Waals surface area contributed by atoms with Gasteiger partial charge in [0.2, 0.25) is 0 Å². The summed E-state index contributed by atoms with van der Waals surface area (Å²) in [5.74, 6) is -1.09. The Balaban J connectivity index is 2.73. The molecule has 0 spiro atoms. The molecule has 0 saturated heterocycles. The molecule has 0 aliphatic heterocycles. The zero-order valence-electron chi connectivity index (χ0n) is 11.8. The largest absolute Gasteiger partial charge is 0.504 e. The van der Waals surface area contributed by atoms with Gasteiger partial charge in [0, 0.05) is 13.8 Å². The van der Waals surface area contributed by atoms with Crippen LogP contribution < -0.4 is 4.74 Å². The number of carbonyl (C=O) groups excluding carboxylic acids is 2. The molecule has 0 unspecified atom stereocenters. The zero-order valence-corrected chi connectivity index (χ0v) is 11.8. The van der Waals surface area contributed by atoms with Gasteiger partial charge >= 0.3 is 11.9 Å². The molecular weight excluding hydrogens is 280 g/mol. The molecule has 0 aliphatic carbocycles. The summed E-state index contributed by atoms with van der Waals surface area (Å²) in [5, 5.41) is 19.6. The molecule has 2 N–H and O–H groups in total. The number of hydrogen-bond donors (Lipinski definition) is 2. The molecule has 0 radical (unpaired) electrons. The number of esters is 2. The molecule has 0 aliphatic rings. The summed E-state index contributed by atoms with van der Waals surface area (Å²) in [4.78, 5) is 21.6. The van der Waals surface area contributed by atoms with Gasteiger partial charge in [0.25, 0.3) is 0 Å². The second-order valence-corrected chi connectivity index (χ2v) is 4.30. The van der Waals surface area contributed by atoms with Crippen LogP contribution in [0, 0.1) is 0 Å². The van der Waals surface area contributed by atoms with E-state index in [0.717, 1.165) is 0 Å². The highest BCUT2D eigenvalue weighted by Crippen LogP contribution is 2.26. The molecule has 1 rings (SSSR count). The van der Waals surface area contributed by atoms with Crippen LogP contribution in [0.1, 0.15) is 13.8 Å². The van der Waals surface area contributed by atoms with Crippen molar-refractivity contribution in [2.24, 2.45) is 0 Å². The molecule has 0 bridgehead atoms. The second-order valence-electron chi connectivity index (χ2n) is 4.30. The highest BCUT2D eigenvalue weighted by Gasteiger charge is 2.24. The summed E-state index contributed by atoms with van der Waals surface area (Å²) in [6, 6.07) is 6.15. The highest BCUT2D eigenvalue weighted by molar-refractivity contribution is 5.66. The van der Waals surface area contributed by atoms with Crippen molar-refractivity contribution in [3.8, 4) is 11.5 Å². The average Bonchev–Trinajstić information content (AvgIpc) is 2.42. The van der Waals surface area contributed by atoms with Crippen molar-refractivity contribution in [1.29, 1.82) is 0 Å². The van der Waals surface area contributed by atoms with Gasteiger partial charge < -0.3 is 24.4 Å². The molecule has 0 saturated carbocycles. The third-order valence-electron chi connectivity index (χ3n) is 2.48. The fraction of sp³-hybridized carbons (Fsp3) is 0.429. The van der Waals surface area contributed by atoms with E-state index in [1.54, 1.807) is 12.1 Å². The summed E-state index contributed by atoms with van der Waals surface area (Å²) in [6.45, 7) is 1.87. The Morgan fingerprint density at radius 1 is 1.10 bits per heavy atom. The topological polar surface area (TPSA) is 102 Å². The first-order chi connectivity index (χ1) is 9.90. The van der Waals surface area contributed by atoms with E-state index < -0.39 is 24.1 Å². The number of benzene rings is 1. The van der Waals surface area contributed by atoms with Crippen molar-refractivity contribution in [2.45, 2.75) is 26.1 Å². The predicted molar refractivity (Wildman–Crippen MR) is 71.8 cm³/mol. The van der Waals surface area contributed by atoms with Gasteiger partial charge in [0.15, 0.2) is 17.6 Å². The number of aliphatic hydroxyl groups is 1. The number of ether oxygens (including phenoxy) is 3. The van der Waals surface area contributed by atoms with Gasteiger partial charge in [-0.1, -0.05) is 12.1 Å². The normalized spacial score (nSPS) is 13.1.